The predicted octanol–water partition coefficient (Wildman–Crippen LogP) is 2.06. The smallest absolute Gasteiger partial charge is 0.257 e. The number of ether oxygens (including phenoxy) is 1. The number of benzene rings is 1. The Bertz CT molecular complexity index is 575. The Kier molecular flexibility index (Phi) is 5.50. The quantitative estimate of drug-likeness (QED) is 0.650. The molecule has 1 aliphatic heterocycles. The van der Waals surface area contributed by atoms with E-state index in [2.05, 4.69) is 32.3 Å². The van der Waals surface area contributed by atoms with Crippen LogP contribution in [0.25, 0.3) is 0 Å². The molecule has 5 nitrogen and oxygen atoms in total. The molecule has 0 amide bonds. The minimum atomic E-state index is 0.622. The van der Waals surface area contributed by atoms with E-state index in [1.54, 1.807) is 24.2 Å². The van der Waals surface area contributed by atoms with Gasteiger partial charge in [0.05, 0.1) is 6.61 Å². The molecule has 2 aromatic rings. The van der Waals surface area contributed by atoms with Crippen LogP contribution in [0.5, 0.6) is 5.88 Å². The van der Waals surface area contributed by atoms with Crippen LogP contribution in [0.2, 0.25) is 0 Å². The number of anilines is 1. The first-order valence-electron chi connectivity index (χ1n) is 7.51. The van der Waals surface area contributed by atoms with Crippen LogP contribution in [-0.4, -0.2) is 48.5 Å². The SMILES string of the molecule is c1ccc(SCCOc2nccnc2N2CCNCC2)cc1. The Hall–Kier alpha value is -1.79. The number of aromatic nitrogens is 2. The van der Waals surface area contributed by atoms with Crippen molar-refractivity contribution in [2.24, 2.45) is 0 Å². The van der Waals surface area contributed by atoms with Crippen molar-refractivity contribution in [3.8, 4) is 5.88 Å². The molecule has 1 aliphatic rings. The zero-order valence-corrected chi connectivity index (χ0v) is 13.3. The number of nitrogens with zero attached hydrogens (tertiary/aromatic N) is 3. The van der Waals surface area contributed by atoms with Gasteiger partial charge < -0.3 is 15.0 Å². The summed E-state index contributed by atoms with van der Waals surface area (Å²) in [6.45, 7) is 4.44. The van der Waals surface area contributed by atoms with Gasteiger partial charge in [-0.25, -0.2) is 9.97 Å². The molecule has 1 N–H and O–H groups in total. The fourth-order valence-electron chi connectivity index (χ4n) is 2.33. The van der Waals surface area contributed by atoms with Crippen molar-refractivity contribution in [1.29, 1.82) is 0 Å². The fraction of sp³-hybridized carbons (Fsp3) is 0.375. The topological polar surface area (TPSA) is 50.3 Å². The highest BCUT2D eigenvalue weighted by Crippen LogP contribution is 2.23. The van der Waals surface area contributed by atoms with Crippen LogP contribution in [0.3, 0.4) is 0 Å². The van der Waals surface area contributed by atoms with Gasteiger partial charge in [0.1, 0.15) is 0 Å². The second kappa shape index (κ2) is 8.00. The van der Waals surface area contributed by atoms with E-state index < -0.39 is 0 Å². The van der Waals surface area contributed by atoms with Crippen LogP contribution in [-0.2, 0) is 0 Å². The molecule has 6 heteroatoms. The molecule has 0 radical (unpaired) electrons. The highest BCUT2D eigenvalue weighted by atomic mass is 32.2. The molecule has 1 fully saturated rings. The van der Waals surface area contributed by atoms with Gasteiger partial charge in [0, 0.05) is 49.2 Å². The van der Waals surface area contributed by atoms with Gasteiger partial charge >= 0.3 is 0 Å². The molecule has 0 spiro atoms. The number of hydrogen-bond donors (Lipinski definition) is 1. The number of piperazine rings is 1. The second-order valence-corrected chi connectivity index (χ2v) is 6.10. The summed E-state index contributed by atoms with van der Waals surface area (Å²) in [4.78, 5) is 12.3. The van der Waals surface area contributed by atoms with Crippen molar-refractivity contribution in [3.63, 3.8) is 0 Å². The van der Waals surface area contributed by atoms with Crippen molar-refractivity contribution in [3.05, 3.63) is 42.7 Å². The molecule has 3 rings (SSSR count). The van der Waals surface area contributed by atoms with Gasteiger partial charge in [-0.15, -0.1) is 11.8 Å². The number of thioether (sulfide) groups is 1. The largest absolute Gasteiger partial charge is 0.474 e. The third kappa shape index (κ3) is 4.11. The first-order valence-corrected chi connectivity index (χ1v) is 8.49. The Labute approximate surface area is 135 Å². The van der Waals surface area contributed by atoms with Gasteiger partial charge in [-0.05, 0) is 12.1 Å². The van der Waals surface area contributed by atoms with Crippen molar-refractivity contribution in [2.75, 3.05) is 43.4 Å². The average Bonchev–Trinajstić information content (AvgIpc) is 2.61. The molecule has 1 aromatic heterocycles. The molecule has 2 heterocycles. The Morgan fingerprint density at radius 1 is 1.09 bits per heavy atom. The molecule has 22 heavy (non-hydrogen) atoms. The maximum atomic E-state index is 5.86. The maximum absolute atomic E-state index is 5.86. The second-order valence-electron chi connectivity index (χ2n) is 4.93. The number of rotatable bonds is 6. The molecule has 1 saturated heterocycles. The molecule has 0 bridgehead atoms. The number of hydrogen-bond acceptors (Lipinski definition) is 6. The molecule has 1 aromatic carbocycles. The van der Waals surface area contributed by atoms with Crippen LogP contribution in [0.1, 0.15) is 0 Å². The van der Waals surface area contributed by atoms with E-state index >= 15 is 0 Å². The fourth-order valence-corrected chi connectivity index (χ4v) is 3.08. The lowest BCUT2D eigenvalue weighted by molar-refractivity contribution is 0.328. The van der Waals surface area contributed by atoms with E-state index in [0.717, 1.165) is 37.7 Å². The summed E-state index contributed by atoms with van der Waals surface area (Å²) >= 11 is 1.78. The average molecular weight is 316 g/mol. The summed E-state index contributed by atoms with van der Waals surface area (Å²) < 4.78 is 5.86. The predicted molar refractivity (Wildman–Crippen MR) is 89.8 cm³/mol. The summed E-state index contributed by atoms with van der Waals surface area (Å²) in [6, 6.07) is 10.3. The van der Waals surface area contributed by atoms with Crippen LogP contribution in [0, 0.1) is 0 Å². The number of nitrogens with one attached hydrogen (secondary N) is 1. The molecular formula is C16H20N4OS. The van der Waals surface area contributed by atoms with Crippen molar-refractivity contribution >= 4 is 17.6 Å². The monoisotopic (exact) mass is 316 g/mol. The summed E-state index contributed by atoms with van der Waals surface area (Å²) in [7, 11) is 0. The van der Waals surface area contributed by atoms with Gasteiger partial charge in [-0.2, -0.15) is 0 Å². The van der Waals surface area contributed by atoms with Crippen molar-refractivity contribution < 1.29 is 4.74 Å². The van der Waals surface area contributed by atoms with Crippen molar-refractivity contribution in [2.45, 2.75) is 4.90 Å². The van der Waals surface area contributed by atoms with Crippen LogP contribution >= 0.6 is 11.8 Å². The zero-order valence-electron chi connectivity index (χ0n) is 12.4. The Morgan fingerprint density at radius 3 is 2.68 bits per heavy atom. The van der Waals surface area contributed by atoms with Crippen LogP contribution in [0.4, 0.5) is 5.82 Å². The van der Waals surface area contributed by atoms with E-state index in [4.69, 9.17) is 4.74 Å². The normalized spacial score (nSPS) is 14.8. The van der Waals surface area contributed by atoms with Gasteiger partial charge in [0.2, 0.25) is 0 Å². The highest BCUT2D eigenvalue weighted by Gasteiger charge is 2.17. The minimum absolute atomic E-state index is 0.622. The molecule has 0 unspecified atom stereocenters. The van der Waals surface area contributed by atoms with Gasteiger partial charge in [-0.3, -0.25) is 0 Å². The summed E-state index contributed by atoms with van der Waals surface area (Å²) in [5.41, 5.74) is 0. The highest BCUT2D eigenvalue weighted by molar-refractivity contribution is 7.99. The van der Waals surface area contributed by atoms with Gasteiger partial charge in [0.25, 0.3) is 5.88 Å². The molecular weight excluding hydrogens is 296 g/mol. The van der Waals surface area contributed by atoms with E-state index in [-0.39, 0.29) is 0 Å². The maximum Gasteiger partial charge on any atom is 0.257 e. The Morgan fingerprint density at radius 2 is 1.86 bits per heavy atom. The van der Waals surface area contributed by atoms with E-state index in [1.165, 1.54) is 4.90 Å². The van der Waals surface area contributed by atoms with Crippen LogP contribution < -0.4 is 15.0 Å². The van der Waals surface area contributed by atoms with E-state index in [0.29, 0.717) is 12.5 Å². The molecule has 0 aliphatic carbocycles. The summed E-state index contributed by atoms with van der Waals surface area (Å²) in [5.74, 6) is 2.38. The summed E-state index contributed by atoms with van der Waals surface area (Å²) in [6.07, 6.45) is 3.41. The lowest BCUT2D eigenvalue weighted by Crippen LogP contribution is -2.44. The molecule has 0 atom stereocenters. The minimum Gasteiger partial charge on any atom is -0.474 e. The van der Waals surface area contributed by atoms with Crippen molar-refractivity contribution in [1.82, 2.24) is 15.3 Å². The summed E-state index contributed by atoms with van der Waals surface area (Å²) in [5, 5.41) is 3.34. The Balaban J connectivity index is 1.53. The van der Waals surface area contributed by atoms with Gasteiger partial charge in [-0.1, -0.05) is 18.2 Å². The molecule has 116 valence electrons. The first-order chi connectivity index (χ1) is 10.9. The van der Waals surface area contributed by atoms with E-state index in [9.17, 15) is 0 Å². The van der Waals surface area contributed by atoms with Gasteiger partial charge in [0.15, 0.2) is 5.82 Å². The first kappa shape index (κ1) is 15.1. The zero-order chi connectivity index (χ0) is 15.0. The molecule has 0 saturated carbocycles. The third-order valence-corrected chi connectivity index (χ3v) is 4.37. The van der Waals surface area contributed by atoms with Crippen LogP contribution in [0.15, 0.2) is 47.6 Å². The lowest BCUT2D eigenvalue weighted by Gasteiger charge is -2.28. The third-order valence-electron chi connectivity index (χ3n) is 3.40. The lowest BCUT2D eigenvalue weighted by atomic mass is 10.3. The standard InChI is InChI=1S/C16H20N4OS/c1-2-4-14(5-3-1)22-13-12-21-16-15(18-6-7-19-16)20-10-8-17-9-11-20/h1-7,17H,8-13H2. The van der Waals surface area contributed by atoms with E-state index in [1.807, 2.05) is 18.2 Å².